The molecule has 0 bridgehead atoms. The number of aryl methyl sites for hydroxylation is 1. The topological polar surface area (TPSA) is 29.1 Å². The van der Waals surface area contributed by atoms with Crippen LogP contribution in [0.1, 0.15) is 32.8 Å². The zero-order chi connectivity index (χ0) is 14.5. The SMILES string of the molecule is Cc1ccsc1CCNC(=O)c1ccccc1C(F)F. The van der Waals surface area contributed by atoms with Crippen molar-refractivity contribution in [3.8, 4) is 0 Å². The van der Waals surface area contributed by atoms with Crippen LogP contribution in [-0.2, 0) is 6.42 Å². The van der Waals surface area contributed by atoms with Crippen LogP contribution in [0.3, 0.4) is 0 Å². The van der Waals surface area contributed by atoms with Gasteiger partial charge in [-0.05, 0) is 36.4 Å². The number of rotatable bonds is 5. The number of hydrogen-bond donors (Lipinski definition) is 1. The molecule has 5 heteroatoms. The van der Waals surface area contributed by atoms with Gasteiger partial charge in [-0.2, -0.15) is 0 Å². The number of hydrogen-bond acceptors (Lipinski definition) is 2. The van der Waals surface area contributed by atoms with Crippen molar-refractivity contribution in [3.05, 3.63) is 57.3 Å². The summed E-state index contributed by atoms with van der Waals surface area (Å²) in [7, 11) is 0. The van der Waals surface area contributed by atoms with Gasteiger partial charge in [-0.3, -0.25) is 4.79 Å². The molecule has 1 N–H and O–H groups in total. The van der Waals surface area contributed by atoms with Gasteiger partial charge in [0.2, 0.25) is 0 Å². The number of alkyl halides is 2. The van der Waals surface area contributed by atoms with E-state index in [9.17, 15) is 13.6 Å². The van der Waals surface area contributed by atoms with Gasteiger partial charge in [0, 0.05) is 22.5 Å². The molecule has 1 aromatic heterocycles. The fraction of sp³-hybridized carbons (Fsp3) is 0.267. The van der Waals surface area contributed by atoms with E-state index >= 15 is 0 Å². The molecule has 0 spiro atoms. The third kappa shape index (κ3) is 3.42. The average molecular weight is 295 g/mol. The highest BCUT2D eigenvalue weighted by Crippen LogP contribution is 2.22. The standard InChI is InChI=1S/C15H15F2NOS/c1-10-7-9-20-13(10)6-8-18-15(19)12-5-3-2-4-11(12)14(16)17/h2-5,7,9,14H,6,8H2,1H3,(H,18,19). The van der Waals surface area contributed by atoms with E-state index in [1.54, 1.807) is 17.4 Å². The number of amides is 1. The van der Waals surface area contributed by atoms with Crippen molar-refractivity contribution in [3.63, 3.8) is 0 Å². The normalized spacial score (nSPS) is 10.8. The second-order valence-electron chi connectivity index (χ2n) is 4.42. The third-order valence-corrected chi connectivity index (χ3v) is 4.13. The molecule has 2 rings (SSSR count). The molecule has 0 radical (unpaired) electrons. The molecule has 0 aliphatic rings. The number of benzene rings is 1. The van der Waals surface area contributed by atoms with Crippen molar-refractivity contribution in [1.29, 1.82) is 0 Å². The van der Waals surface area contributed by atoms with Gasteiger partial charge in [0.1, 0.15) is 0 Å². The molecule has 0 atom stereocenters. The smallest absolute Gasteiger partial charge is 0.264 e. The Labute approximate surface area is 120 Å². The lowest BCUT2D eigenvalue weighted by molar-refractivity contribution is 0.0940. The molecule has 0 aliphatic carbocycles. The molecule has 106 valence electrons. The van der Waals surface area contributed by atoms with E-state index < -0.39 is 12.3 Å². The Kier molecular flexibility index (Phi) is 4.84. The van der Waals surface area contributed by atoms with Crippen molar-refractivity contribution in [2.75, 3.05) is 6.54 Å². The predicted molar refractivity (Wildman–Crippen MR) is 76.5 cm³/mol. The first-order chi connectivity index (χ1) is 9.59. The van der Waals surface area contributed by atoms with Gasteiger partial charge >= 0.3 is 0 Å². The van der Waals surface area contributed by atoms with Crippen LogP contribution in [0, 0.1) is 6.92 Å². The van der Waals surface area contributed by atoms with Crippen LogP contribution in [0.2, 0.25) is 0 Å². The van der Waals surface area contributed by atoms with Gasteiger partial charge in [0.15, 0.2) is 0 Å². The van der Waals surface area contributed by atoms with E-state index in [-0.39, 0.29) is 11.1 Å². The van der Waals surface area contributed by atoms with E-state index in [0.717, 1.165) is 0 Å². The predicted octanol–water partition coefficient (Wildman–Crippen LogP) is 3.97. The summed E-state index contributed by atoms with van der Waals surface area (Å²) < 4.78 is 25.6. The summed E-state index contributed by atoms with van der Waals surface area (Å²) in [5, 5.41) is 4.69. The third-order valence-electron chi connectivity index (χ3n) is 3.05. The maximum absolute atomic E-state index is 12.8. The minimum atomic E-state index is -2.64. The van der Waals surface area contributed by atoms with Crippen LogP contribution in [0.15, 0.2) is 35.7 Å². The number of carbonyl (C=O) groups is 1. The van der Waals surface area contributed by atoms with Crippen molar-refractivity contribution in [1.82, 2.24) is 5.32 Å². The van der Waals surface area contributed by atoms with Crippen LogP contribution in [0.25, 0.3) is 0 Å². The first kappa shape index (κ1) is 14.7. The minimum absolute atomic E-state index is 0.0467. The second-order valence-corrected chi connectivity index (χ2v) is 5.42. The summed E-state index contributed by atoms with van der Waals surface area (Å²) in [5.41, 5.74) is 1.01. The molecule has 2 aromatic rings. The number of thiophene rings is 1. The lowest BCUT2D eigenvalue weighted by Crippen LogP contribution is -2.26. The Hall–Kier alpha value is -1.75. The summed E-state index contributed by atoms with van der Waals surface area (Å²) in [6.07, 6.45) is -1.93. The molecule has 1 amide bonds. The van der Waals surface area contributed by atoms with Crippen molar-refractivity contribution in [2.24, 2.45) is 0 Å². The quantitative estimate of drug-likeness (QED) is 0.888. The zero-order valence-corrected chi connectivity index (χ0v) is 11.8. The summed E-state index contributed by atoms with van der Waals surface area (Å²) in [6.45, 7) is 2.46. The highest BCUT2D eigenvalue weighted by Gasteiger charge is 2.17. The molecular weight excluding hydrogens is 280 g/mol. The summed E-state index contributed by atoms with van der Waals surface area (Å²) in [6, 6.07) is 7.82. The van der Waals surface area contributed by atoms with Crippen LogP contribution in [0.5, 0.6) is 0 Å². The van der Waals surface area contributed by atoms with E-state index in [1.165, 1.54) is 28.6 Å². The number of nitrogens with one attached hydrogen (secondary N) is 1. The van der Waals surface area contributed by atoms with Crippen LogP contribution in [-0.4, -0.2) is 12.5 Å². The van der Waals surface area contributed by atoms with Gasteiger partial charge in [0.25, 0.3) is 12.3 Å². The number of carbonyl (C=O) groups excluding carboxylic acids is 1. The molecule has 1 aromatic carbocycles. The van der Waals surface area contributed by atoms with Crippen molar-refractivity contribution >= 4 is 17.2 Å². The Morgan fingerprint density at radius 3 is 2.70 bits per heavy atom. The maximum Gasteiger partial charge on any atom is 0.264 e. The van der Waals surface area contributed by atoms with E-state index in [1.807, 2.05) is 18.4 Å². The Bertz CT molecular complexity index is 595. The average Bonchev–Trinajstić information content (AvgIpc) is 2.84. The maximum atomic E-state index is 12.8. The van der Waals surface area contributed by atoms with Gasteiger partial charge < -0.3 is 5.32 Å². The Morgan fingerprint density at radius 2 is 2.05 bits per heavy atom. The largest absolute Gasteiger partial charge is 0.352 e. The summed E-state index contributed by atoms with van der Waals surface area (Å²) in [5.74, 6) is -0.449. The molecule has 0 saturated carbocycles. The highest BCUT2D eigenvalue weighted by molar-refractivity contribution is 7.10. The van der Waals surface area contributed by atoms with Crippen LogP contribution >= 0.6 is 11.3 Å². The Morgan fingerprint density at radius 1 is 1.30 bits per heavy atom. The molecular formula is C15H15F2NOS. The second kappa shape index (κ2) is 6.61. The lowest BCUT2D eigenvalue weighted by Gasteiger charge is -2.09. The molecule has 0 fully saturated rings. The highest BCUT2D eigenvalue weighted by atomic mass is 32.1. The van der Waals surface area contributed by atoms with Gasteiger partial charge in [0.05, 0.1) is 0 Å². The monoisotopic (exact) mass is 295 g/mol. The first-order valence-corrected chi connectivity index (χ1v) is 7.16. The molecule has 2 nitrogen and oxygen atoms in total. The molecule has 0 aliphatic heterocycles. The fourth-order valence-corrected chi connectivity index (χ4v) is 2.85. The van der Waals surface area contributed by atoms with E-state index in [0.29, 0.717) is 13.0 Å². The first-order valence-electron chi connectivity index (χ1n) is 6.28. The van der Waals surface area contributed by atoms with Gasteiger partial charge in [-0.25, -0.2) is 8.78 Å². The molecule has 0 saturated heterocycles. The summed E-state index contributed by atoms with van der Waals surface area (Å²) in [4.78, 5) is 13.1. The van der Waals surface area contributed by atoms with Crippen molar-refractivity contribution in [2.45, 2.75) is 19.8 Å². The van der Waals surface area contributed by atoms with Crippen LogP contribution in [0.4, 0.5) is 8.78 Å². The lowest BCUT2D eigenvalue weighted by atomic mass is 10.1. The van der Waals surface area contributed by atoms with Gasteiger partial charge in [-0.15, -0.1) is 11.3 Å². The molecule has 0 unspecified atom stereocenters. The van der Waals surface area contributed by atoms with E-state index in [2.05, 4.69) is 5.32 Å². The van der Waals surface area contributed by atoms with E-state index in [4.69, 9.17) is 0 Å². The van der Waals surface area contributed by atoms with Crippen molar-refractivity contribution < 1.29 is 13.6 Å². The summed E-state index contributed by atoms with van der Waals surface area (Å²) >= 11 is 1.63. The number of halogens is 2. The van der Waals surface area contributed by atoms with Gasteiger partial charge in [-0.1, -0.05) is 18.2 Å². The minimum Gasteiger partial charge on any atom is -0.352 e. The molecule has 1 heterocycles. The van der Waals surface area contributed by atoms with Crippen LogP contribution < -0.4 is 5.32 Å². The molecule has 20 heavy (non-hydrogen) atoms. The fourth-order valence-electron chi connectivity index (χ4n) is 1.94. The Balaban J connectivity index is 1.97. The zero-order valence-electron chi connectivity index (χ0n) is 11.0.